The Labute approximate surface area is 280 Å². The quantitative estimate of drug-likeness (QED) is 0.218. The van der Waals surface area contributed by atoms with Crippen LogP contribution in [-0.2, 0) is 24.3 Å². The molecule has 0 saturated carbocycles. The third-order valence-corrected chi connectivity index (χ3v) is 9.56. The predicted molar refractivity (Wildman–Crippen MR) is 181 cm³/mol. The maximum Gasteiger partial charge on any atom is 0.287 e. The number of nitriles is 1. The van der Waals surface area contributed by atoms with Crippen molar-refractivity contribution in [3.63, 3.8) is 0 Å². The van der Waals surface area contributed by atoms with Crippen molar-refractivity contribution in [1.29, 1.82) is 5.26 Å². The number of hydrogen-bond donors (Lipinski definition) is 1. The van der Waals surface area contributed by atoms with E-state index < -0.39 is 0 Å². The number of likely N-dealkylation sites (tertiary alicyclic amines) is 2. The Morgan fingerprint density at radius 1 is 0.875 bits per heavy atom. The molecule has 5 aromatic rings. The molecule has 2 fully saturated rings. The molecule has 48 heavy (non-hydrogen) atoms. The number of rotatable bonds is 10. The van der Waals surface area contributed by atoms with Gasteiger partial charge in [0.05, 0.1) is 17.8 Å². The first-order valence-electron chi connectivity index (χ1n) is 16.7. The standard InChI is InChI=1S/C38H39N7O3/c39-22-27-4-6-28(7-5-27)24-44-17-12-33(13-18-44)42-38(47)36-21-32-19-29(8-9-35(32)48-36)20-34(46)31-10-15-43(16-11-31)25-30-23-41-45(26-30)37-3-1-2-14-40-37/h1-9,14,19,21,23,26,31,33H,10-13,15-18,20,24-25H2,(H,42,47). The highest BCUT2D eigenvalue weighted by Crippen LogP contribution is 2.25. The molecule has 0 aliphatic carbocycles. The Kier molecular flexibility index (Phi) is 9.41. The van der Waals surface area contributed by atoms with E-state index in [9.17, 15) is 9.59 Å². The summed E-state index contributed by atoms with van der Waals surface area (Å²) < 4.78 is 7.70. The van der Waals surface area contributed by atoms with E-state index >= 15 is 0 Å². The van der Waals surface area contributed by atoms with Gasteiger partial charge in [0.1, 0.15) is 11.4 Å². The lowest BCUT2D eigenvalue weighted by Gasteiger charge is -2.32. The molecule has 7 rings (SSSR count). The number of pyridine rings is 1. The highest BCUT2D eigenvalue weighted by Gasteiger charge is 2.26. The first kappa shape index (κ1) is 31.5. The maximum atomic E-state index is 13.3. The minimum Gasteiger partial charge on any atom is -0.451 e. The number of carbonyl (C=O) groups is 2. The second-order valence-electron chi connectivity index (χ2n) is 13.0. The number of amides is 1. The number of ketones is 1. The van der Waals surface area contributed by atoms with E-state index in [0.717, 1.165) is 87.3 Å². The van der Waals surface area contributed by atoms with Crippen molar-refractivity contribution >= 4 is 22.7 Å². The van der Waals surface area contributed by atoms with Crippen molar-refractivity contribution in [3.8, 4) is 11.9 Å². The molecular weight excluding hydrogens is 602 g/mol. The molecule has 2 aliphatic rings. The smallest absolute Gasteiger partial charge is 0.287 e. The summed E-state index contributed by atoms with van der Waals surface area (Å²) >= 11 is 0. The Hall–Kier alpha value is -5.11. The molecule has 0 bridgehead atoms. The third-order valence-electron chi connectivity index (χ3n) is 9.56. The first-order valence-corrected chi connectivity index (χ1v) is 16.7. The Bertz CT molecular complexity index is 1910. The van der Waals surface area contributed by atoms with Crippen LogP contribution in [0.3, 0.4) is 0 Å². The molecule has 2 saturated heterocycles. The molecule has 10 heteroatoms. The van der Waals surface area contributed by atoms with E-state index in [0.29, 0.717) is 23.3 Å². The highest BCUT2D eigenvalue weighted by atomic mass is 16.3. The first-order chi connectivity index (χ1) is 23.5. The molecule has 244 valence electrons. The molecule has 1 N–H and O–H groups in total. The van der Waals surface area contributed by atoms with Gasteiger partial charge in [0.25, 0.3) is 5.91 Å². The maximum absolute atomic E-state index is 13.3. The van der Waals surface area contributed by atoms with E-state index in [1.54, 1.807) is 16.9 Å². The lowest BCUT2D eigenvalue weighted by molar-refractivity contribution is -0.123. The number of furan rings is 1. The summed E-state index contributed by atoms with van der Waals surface area (Å²) in [7, 11) is 0. The van der Waals surface area contributed by atoms with Crippen LogP contribution in [0.4, 0.5) is 0 Å². The zero-order valence-corrected chi connectivity index (χ0v) is 26.9. The topological polar surface area (TPSA) is 120 Å². The van der Waals surface area contributed by atoms with Crippen LogP contribution in [0.25, 0.3) is 16.8 Å². The van der Waals surface area contributed by atoms with E-state index in [2.05, 4.69) is 31.3 Å². The van der Waals surface area contributed by atoms with E-state index in [1.807, 2.05) is 73.1 Å². The van der Waals surface area contributed by atoms with Gasteiger partial charge in [0, 0.05) is 67.9 Å². The average Bonchev–Trinajstić information content (AvgIpc) is 3.77. The van der Waals surface area contributed by atoms with Gasteiger partial charge in [-0.2, -0.15) is 10.4 Å². The van der Waals surface area contributed by atoms with Crippen molar-refractivity contribution in [2.75, 3.05) is 26.2 Å². The van der Waals surface area contributed by atoms with Crippen LogP contribution in [0, 0.1) is 17.2 Å². The van der Waals surface area contributed by atoms with Crippen LogP contribution in [0.15, 0.2) is 89.7 Å². The fourth-order valence-electron chi connectivity index (χ4n) is 6.82. The third kappa shape index (κ3) is 7.54. The number of nitrogens with zero attached hydrogens (tertiary/aromatic N) is 6. The minimum atomic E-state index is -0.204. The number of Topliss-reactive ketones (excluding diaryl/α,β-unsaturated/α-hetero) is 1. The lowest BCUT2D eigenvalue weighted by Crippen LogP contribution is -2.44. The normalized spacial score (nSPS) is 16.6. The van der Waals surface area contributed by atoms with Crippen molar-refractivity contribution in [2.45, 2.75) is 51.2 Å². The fraction of sp³-hybridized carbons (Fsp3) is 0.342. The molecule has 0 unspecified atom stereocenters. The van der Waals surface area contributed by atoms with Gasteiger partial charge >= 0.3 is 0 Å². The van der Waals surface area contributed by atoms with Gasteiger partial charge in [-0.25, -0.2) is 9.67 Å². The van der Waals surface area contributed by atoms with Gasteiger partial charge in [-0.3, -0.25) is 19.4 Å². The molecule has 3 aromatic heterocycles. The zero-order chi connectivity index (χ0) is 32.9. The molecule has 1 amide bonds. The zero-order valence-electron chi connectivity index (χ0n) is 26.9. The SMILES string of the molecule is N#Cc1ccc(CN2CCC(NC(=O)c3cc4cc(CC(=O)C5CCN(Cc6cnn(-c7ccccn7)c6)CC5)ccc4o3)CC2)cc1. The summed E-state index contributed by atoms with van der Waals surface area (Å²) in [6, 6.07) is 23.3. The van der Waals surface area contributed by atoms with E-state index in [-0.39, 0.29) is 23.7 Å². The van der Waals surface area contributed by atoms with Gasteiger partial charge in [0.15, 0.2) is 11.6 Å². The van der Waals surface area contributed by atoms with Gasteiger partial charge in [-0.15, -0.1) is 0 Å². The number of benzene rings is 2. The molecule has 0 atom stereocenters. The number of fused-ring (bicyclic) bond motifs is 1. The molecule has 2 aromatic carbocycles. The number of hydrogen-bond acceptors (Lipinski definition) is 8. The lowest BCUT2D eigenvalue weighted by atomic mass is 9.89. The van der Waals surface area contributed by atoms with E-state index in [4.69, 9.17) is 9.68 Å². The van der Waals surface area contributed by atoms with Gasteiger partial charge in [0.2, 0.25) is 0 Å². The number of nitrogens with one attached hydrogen (secondary N) is 1. The van der Waals surface area contributed by atoms with Crippen molar-refractivity contribution in [2.24, 2.45) is 5.92 Å². The second-order valence-corrected chi connectivity index (χ2v) is 13.0. The van der Waals surface area contributed by atoms with Crippen LogP contribution >= 0.6 is 0 Å². The summed E-state index contributed by atoms with van der Waals surface area (Å²) in [5, 5.41) is 17.5. The Morgan fingerprint density at radius 3 is 2.33 bits per heavy atom. The monoisotopic (exact) mass is 641 g/mol. The predicted octanol–water partition coefficient (Wildman–Crippen LogP) is 5.30. The minimum absolute atomic E-state index is 0.0504. The van der Waals surface area contributed by atoms with Crippen molar-refractivity contribution in [3.05, 3.63) is 113 Å². The molecule has 10 nitrogen and oxygen atoms in total. The van der Waals surface area contributed by atoms with Gasteiger partial charge < -0.3 is 9.73 Å². The van der Waals surface area contributed by atoms with Gasteiger partial charge in [-0.05, 0) is 92.4 Å². The second kappa shape index (κ2) is 14.3. The van der Waals surface area contributed by atoms with Crippen molar-refractivity contribution in [1.82, 2.24) is 29.9 Å². The Balaban J connectivity index is 0.867. The summed E-state index contributed by atoms with van der Waals surface area (Å²) in [5.74, 6) is 1.21. The number of carbonyl (C=O) groups excluding carboxylic acids is 2. The highest BCUT2D eigenvalue weighted by molar-refractivity contribution is 5.96. The van der Waals surface area contributed by atoms with Crippen LogP contribution in [0.2, 0.25) is 0 Å². The van der Waals surface area contributed by atoms with Crippen LogP contribution in [0.1, 0.15) is 58.5 Å². The molecule has 0 radical (unpaired) electrons. The Morgan fingerprint density at radius 2 is 1.60 bits per heavy atom. The molecule has 2 aliphatic heterocycles. The van der Waals surface area contributed by atoms with Crippen LogP contribution in [0.5, 0.6) is 0 Å². The molecule has 5 heterocycles. The van der Waals surface area contributed by atoms with E-state index in [1.165, 1.54) is 5.56 Å². The summed E-state index contributed by atoms with van der Waals surface area (Å²) in [5.41, 5.74) is 4.57. The van der Waals surface area contributed by atoms with Crippen molar-refractivity contribution < 1.29 is 14.0 Å². The fourth-order valence-corrected chi connectivity index (χ4v) is 6.82. The number of aromatic nitrogens is 3. The largest absolute Gasteiger partial charge is 0.451 e. The summed E-state index contributed by atoms with van der Waals surface area (Å²) in [6.45, 7) is 5.17. The number of piperidine rings is 2. The summed E-state index contributed by atoms with van der Waals surface area (Å²) in [6.07, 6.45) is 9.47. The molecule has 0 spiro atoms. The summed E-state index contributed by atoms with van der Waals surface area (Å²) in [4.78, 5) is 35.5. The van der Waals surface area contributed by atoms with Crippen LogP contribution in [-0.4, -0.2) is 68.5 Å². The van der Waals surface area contributed by atoms with Gasteiger partial charge in [-0.1, -0.05) is 24.3 Å². The molecular formula is C38H39N7O3. The average molecular weight is 642 g/mol. The van der Waals surface area contributed by atoms with Crippen LogP contribution < -0.4 is 5.32 Å².